The number of hydrogen-bond donors (Lipinski definition) is 1. The van der Waals surface area contributed by atoms with Gasteiger partial charge in [0.15, 0.2) is 0 Å². The Hall–Kier alpha value is -2.00. The van der Waals surface area contributed by atoms with Crippen molar-refractivity contribution in [3.8, 4) is 5.75 Å². The van der Waals surface area contributed by atoms with E-state index in [1.54, 1.807) is 7.11 Å². The molecule has 0 saturated heterocycles. The summed E-state index contributed by atoms with van der Waals surface area (Å²) in [7, 11) is 1.66. The first-order valence-corrected chi connectivity index (χ1v) is 9.01. The van der Waals surface area contributed by atoms with Gasteiger partial charge in [-0.2, -0.15) is 0 Å². The standard InChI is InChI=1S/C21H26ClNO2/c1-14(2)18-13-19(15(3)12-20(18)25-4)21(24)23-11-5-6-16-7-9-17(22)10-8-16/h7-10,12-14H,5-6,11H2,1-4H3,(H,23,24). The zero-order valence-corrected chi connectivity index (χ0v) is 16.1. The molecule has 1 N–H and O–H groups in total. The van der Waals surface area contributed by atoms with Crippen molar-refractivity contribution >= 4 is 17.5 Å². The van der Waals surface area contributed by atoms with Gasteiger partial charge in [0.25, 0.3) is 5.91 Å². The van der Waals surface area contributed by atoms with Gasteiger partial charge in [0.2, 0.25) is 0 Å². The highest BCUT2D eigenvalue weighted by Crippen LogP contribution is 2.29. The molecule has 0 fully saturated rings. The average molecular weight is 360 g/mol. The Bertz CT molecular complexity index is 723. The summed E-state index contributed by atoms with van der Waals surface area (Å²) < 4.78 is 5.44. The van der Waals surface area contributed by atoms with Gasteiger partial charge in [-0.3, -0.25) is 4.79 Å². The van der Waals surface area contributed by atoms with Gasteiger partial charge in [-0.15, -0.1) is 0 Å². The van der Waals surface area contributed by atoms with E-state index in [-0.39, 0.29) is 5.91 Å². The molecule has 0 saturated carbocycles. The molecule has 0 aliphatic heterocycles. The highest BCUT2D eigenvalue weighted by atomic mass is 35.5. The maximum atomic E-state index is 12.5. The molecule has 25 heavy (non-hydrogen) atoms. The van der Waals surface area contributed by atoms with Crippen molar-refractivity contribution in [2.75, 3.05) is 13.7 Å². The Balaban J connectivity index is 1.96. The second-order valence-corrected chi connectivity index (χ2v) is 6.99. The lowest BCUT2D eigenvalue weighted by Gasteiger charge is -2.16. The molecule has 0 aliphatic carbocycles. The predicted octanol–water partition coefficient (Wildman–Crippen LogP) is 5.14. The lowest BCUT2D eigenvalue weighted by Crippen LogP contribution is -2.25. The normalized spacial score (nSPS) is 10.8. The molecule has 0 unspecified atom stereocenters. The van der Waals surface area contributed by atoms with Gasteiger partial charge in [0, 0.05) is 17.1 Å². The molecule has 0 radical (unpaired) electrons. The van der Waals surface area contributed by atoms with E-state index < -0.39 is 0 Å². The number of carbonyl (C=O) groups is 1. The molecule has 134 valence electrons. The van der Waals surface area contributed by atoms with Crippen LogP contribution in [0.15, 0.2) is 36.4 Å². The molecule has 2 rings (SSSR count). The maximum Gasteiger partial charge on any atom is 0.251 e. The van der Waals surface area contributed by atoms with Crippen LogP contribution < -0.4 is 10.1 Å². The summed E-state index contributed by atoms with van der Waals surface area (Å²) >= 11 is 5.89. The molecule has 3 nitrogen and oxygen atoms in total. The number of hydrogen-bond acceptors (Lipinski definition) is 2. The first-order chi connectivity index (χ1) is 11.9. The summed E-state index contributed by atoms with van der Waals surface area (Å²) in [6, 6.07) is 11.7. The van der Waals surface area contributed by atoms with Crippen LogP contribution in [0.1, 0.15) is 53.2 Å². The number of nitrogens with one attached hydrogen (secondary N) is 1. The number of methoxy groups -OCH3 is 1. The molecular weight excluding hydrogens is 334 g/mol. The molecule has 0 heterocycles. The van der Waals surface area contributed by atoms with Crippen LogP contribution in [-0.4, -0.2) is 19.6 Å². The minimum absolute atomic E-state index is 0.0295. The smallest absolute Gasteiger partial charge is 0.251 e. The van der Waals surface area contributed by atoms with E-state index in [0.717, 1.165) is 40.3 Å². The monoisotopic (exact) mass is 359 g/mol. The van der Waals surface area contributed by atoms with Crippen LogP contribution >= 0.6 is 11.6 Å². The molecule has 0 atom stereocenters. The van der Waals surface area contributed by atoms with Crippen LogP contribution in [0, 0.1) is 6.92 Å². The van der Waals surface area contributed by atoms with Gasteiger partial charge in [0.1, 0.15) is 5.75 Å². The second-order valence-electron chi connectivity index (χ2n) is 6.55. The van der Waals surface area contributed by atoms with E-state index in [4.69, 9.17) is 16.3 Å². The minimum atomic E-state index is -0.0295. The molecule has 2 aromatic carbocycles. The summed E-state index contributed by atoms with van der Waals surface area (Å²) in [4.78, 5) is 12.5. The Morgan fingerprint density at radius 1 is 1.20 bits per heavy atom. The highest BCUT2D eigenvalue weighted by molar-refractivity contribution is 6.30. The van der Waals surface area contributed by atoms with E-state index in [0.29, 0.717) is 12.5 Å². The van der Waals surface area contributed by atoms with E-state index in [1.165, 1.54) is 5.56 Å². The molecular formula is C21H26ClNO2. The molecule has 2 aromatic rings. The molecule has 0 aliphatic rings. The Kier molecular flexibility index (Phi) is 6.89. The fourth-order valence-electron chi connectivity index (χ4n) is 2.81. The van der Waals surface area contributed by atoms with Crippen molar-refractivity contribution in [1.82, 2.24) is 5.32 Å². The molecule has 0 bridgehead atoms. The molecule has 4 heteroatoms. The number of ether oxygens (including phenoxy) is 1. The zero-order chi connectivity index (χ0) is 18.4. The predicted molar refractivity (Wildman–Crippen MR) is 104 cm³/mol. The van der Waals surface area contributed by atoms with E-state index in [9.17, 15) is 4.79 Å². The number of aryl methyl sites for hydroxylation is 2. The van der Waals surface area contributed by atoms with Gasteiger partial charge < -0.3 is 10.1 Å². The summed E-state index contributed by atoms with van der Waals surface area (Å²) in [6.45, 7) is 6.78. The SMILES string of the molecule is COc1cc(C)c(C(=O)NCCCc2ccc(Cl)cc2)cc1C(C)C. The number of halogens is 1. The van der Waals surface area contributed by atoms with Crippen molar-refractivity contribution in [2.24, 2.45) is 0 Å². The summed E-state index contributed by atoms with van der Waals surface area (Å²) in [6.07, 6.45) is 1.80. The lowest BCUT2D eigenvalue weighted by atomic mass is 9.96. The van der Waals surface area contributed by atoms with Crippen molar-refractivity contribution in [2.45, 2.75) is 39.5 Å². The van der Waals surface area contributed by atoms with Crippen LogP contribution in [0.25, 0.3) is 0 Å². The number of carbonyl (C=O) groups excluding carboxylic acids is 1. The van der Waals surface area contributed by atoms with Gasteiger partial charge in [-0.1, -0.05) is 37.6 Å². The Morgan fingerprint density at radius 3 is 2.48 bits per heavy atom. The first kappa shape index (κ1) is 19.3. The summed E-state index contributed by atoms with van der Waals surface area (Å²) in [5, 5.41) is 3.76. The summed E-state index contributed by atoms with van der Waals surface area (Å²) in [5.74, 6) is 1.11. The highest BCUT2D eigenvalue weighted by Gasteiger charge is 2.15. The zero-order valence-electron chi connectivity index (χ0n) is 15.4. The fourth-order valence-corrected chi connectivity index (χ4v) is 2.94. The number of rotatable bonds is 7. The van der Waals surface area contributed by atoms with Crippen LogP contribution in [0.4, 0.5) is 0 Å². The van der Waals surface area contributed by atoms with Crippen LogP contribution in [0.3, 0.4) is 0 Å². The lowest BCUT2D eigenvalue weighted by molar-refractivity contribution is 0.0952. The van der Waals surface area contributed by atoms with E-state index in [2.05, 4.69) is 19.2 Å². The Labute approximate surface area is 155 Å². The topological polar surface area (TPSA) is 38.3 Å². The van der Waals surface area contributed by atoms with Crippen molar-refractivity contribution in [3.63, 3.8) is 0 Å². The van der Waals surface area contributed by atoms with Gasteiger partial charge in [0.05, 0.1) is 7.11 Å². The second kappa shape index (κ2) is 8.91. The third-order valence-corrected chi connectivity index (χ3v) is 4.54. The van der Waals surface area contributed by atoms with E-state index in [1.807, 2.05) is 43.3 Å². The average Bonchev–Trinajstić information content (AvgIpc) is 2.59. The number of amides is 1. The minimum Gasteiger partial charge on any atom is -0.496 e. The van der Waals surface area contributed by atoms with E-state index >= 15 is 0 Å². The molecule has 0 spiro atoms. The van der Waals surface area contributed by atoms with Crippen molar-refractivity contribution in [3.05, 3.63) is 63.7 Å². The number of benzene rings is 2. The third kappa shape index (κ3) is 5.23. The fraction of sp³-hybridized carbons (Fsp3) is 0.381. The van der Waals surface area contributed by atoms with Gasteiger partial charge >= 0.3 is 0 Å². The van der Waals surface area contributed by atoms with Gasteiger partial charge in [-0.25, -0.2) is 0 Å². The quantitative estimate of drug-likeness (QED) is 0.695. The summed E-state index contributed by atoms with van der Waals surface area (Å²) in [5.41, 5.74) is 3.92. The van der Waals surface area contributed by atoms with Crippen LogP contribution in [0.5, 0.6) is 5.75 Å². The third-order valence-electron chi connectivity index (χ3n) is 4.28. The van der Waals surface area contributed by atoms with Crippen LogP contribution in [0.2, 0.25) is 5.02 Å². The van der Waals surface area contributed by atoms with Crippen LogP contribution in [-0.2, 0) is 6.42 Å². The first-order valence-electron chi connectivity index (χ1n) is 8.63. The van der Waals surface area contributed by atoms with Gasteiger partial charge in [-0.05, 0) is 66.6 Å². The molecule has 0 aromatic heterocycles. The van der Waals surface area contributed by atoms with Crippen molar-refractivity contribution in [1.29, 1.82) is 0 Å². The van der Waals surface area contributed by atoms with Crippen molar-refractivity contribution < 1.29 is 9.53 Å². The largest absolute Gasteiger partial charge is 0.496 e. The maximum absolute atomic E-state index is 12.5. The molecule has 1 amide bonds. The Morgan fingerprint density at radius 2 is 1.88 bits per heavy atom.